The third-order valence-corrected chi connectivity index (χ3v) is 6.80. The van der Waals surface area contributed by atoms with Crippen LogP contribution in [0.5, 0.6) is 0 Å². The average molecular weight is 372 g/mol. The molecule has 5 heteroatoms. The van der Waals surface area contributed by atoms with Crippen molar-refractivity contribution in [2.45, 2.75) is 50.6 Å². The summed E-state index contributed by atoms with van der Waals surface area (Å²) in [6, 6.07) is 10.2. The number of rotatable bonds is 5. The van der Waals surface area contributed by atoms with Crippen LogP contribution in [0.1, 0.15) is 36.8 Å². The SMILES string of the molecule is O=C(NCCO)[C@@H]1CCCN(C2CCN(C3Cc4ccccc4C3)CC2)C1. The molecule has 27 heavy (non-hydrogen) atoms. The zero-order chi connectivity index (χ0) is 18.6. The topological polar surface area (TPSA) is 55.8 Å². The van der Waals surface area contributed by atoms with E-state index in [4.69, 9.17) is 5.11 Å². The number of likely N-dealkylation sites (tertiary alicyclic amines) is 2. The molecule has 0 bridgehead atoms. The van der Waals surface area contributed by atoms with Crippen LogP contribution in [0.4, 0.5) is 0 Å². The predicted molar refractivity (Wildman–Crippen MR) is 107 cm³/mol. The van der Waals surface area contributed by atoms with Crippen molar-refractivity contribution in [3.8, 4) is 0 Å². The quantitative estimate of drug-likeness (QED) is 0.822. The number of nitrogens with zero attached hydrogens (tertiary/aromatic N) is 2. The molecule has 1 aromatic rings. The van der Waals surface area contributed by atoms with E-state index < -0.39 is 0 Å². The first-order valence-electron chi connectivity index (χ1n) is 10.7. The Morgan fingerprint density at radius 2 is 1.70 bits per heavy atom. The van der Waals surface area contributed by atoms with Gasteiger partial charge in [0, 0.05) is 25.2 Å². The Morgan fingerprint density at radius 1 is 1.00 bits per heavy atom. The Morgan fingerprint density at radius 3 is 2.37 bits per heavy atom. The van der Waals surface area contributed by atoms with Crippen LogP contribution in [0.15, 0.2) is 24.3 Å². The normalized spacial score (nSPS) is 25.4. The molecule has 0 aromatic heterocycles. The van der Waals surface area contributed by atoms with E-state index in [0.717, 1.165) is 25.9 Å². The van der Waals surface area contributed by atoms with Crippen molar-refractivity contribution >= 4 is 5.91 Å². The van der Waals surface area contributed by atoms with Crippen LogP contribution >= 0.6 is 0 Å². The minimum Gasteiger partial charge on any atom is -0.395 e. The number of hydrogen-bond acceptors (Lipinski definition) is 4. The van der Waals surface area contributed by atoms with Gasteiger partial charge in [-0.2, -0.15) is 0 Å². The molecule has 1 aromatic carbocycles. The molecular weight excluding hydrogens is 338 g/mol. The molecule has 148 valence electrons. The number of piperidine rings is 2. The van der Waals surface area contributed by atoms with Gasteiger partial charge in [0.25, 0.3) is 0 Å². The Labute approximate surface area is 162 Å². The zero-order valence-corrected chi connectivity index (χ0v) is 16.3. The molecule has 0 radical (unpaired) electrons. The summed E-state index contributed by atoms with van der Waals surface area (Å²) in [5, 5.41) is 11.8. The summed E-state index contributed by atoms with van der Waals surface area (Å²) in [6.45, 7) is 4.77. The first-order valence-corrected chi connectivity index (χ1v) is 10.7. The van der Waals surface area contributed by atoms with Crippen LogP contribution in [0.25, 0.3) is 0 Å². The molecule has 2 fully saturated rings. The molecule has 2 saturated heterocycles. The van der Waals surface area contributed by atoms with Gasteiger partial charge in [-0.3, -0.25) is 14.6 Å². The van der Waals surface area contributed by atoms with Gasteiger partial charge in [-0.05, 0) is 69.3 Å². The maximum absolute atomic E-state index is 12.3. The number of aliphatic hydroxyl groups is 1. The molecule has 0 unspecified atom stereocenters. The minimum atomic E-state index is 0.0195. The fourth-order valence-electron chi connectivity index (χ4n) is 5.29. The van der Waals surface area contributed by atoms with Crippen molar-refractivity contribution in [2.75, 3.05) is 39.3 Å². The molecule has 5 nitrogen and oxygen atoms in total. The number of carbonyl (C=O) groups is 1. The number of carbonyl (C=O) groups excluding carboxylic acids is 1. The molecular formula is C22H33N3O2. The van der Waals surface area contributed by atoms with E-state index in [9.17, 15) is 4.79 Å². The van der Waals surface area contributed by atoms with E-state index in [2.05, 4.69) is 39.4 Å². The minimum absolute atomic E-state index is 0.0195. The Bertz CT molecular complexity index is 617. The Hall–Kier alpha value is -1.43. The summed E-state index contributed by atoms with van der Waals surface area (Å²) < 4.78 is 0. The third kappa shape index (κ3) is 4.36. The molecule has 1 atom stereocenters. The first-order chi connectivity index (χ1) is 13.2. The van der Waals surface area contributed by atoms with E-state index in [1.54, 1.807) is 0 Å². The summed E-state index contributed by atoms with van der Waals surface area (Å²) in [7, 11) is 0. The number of aliphatic hydroxyl groups excluding tert-OH is 1. The second-order valence-electron chi connectivity index (χ2n) is 8.45. The standard InChI is InChI=1S/C22H33N3O2/c26-13-9-23-22(27)19-6-3-10-25(16-19)20-7-11-24(12-8-20)21-14-17-4-1-2-5-18(17)15-21/h1-2,4-5,19-21,26H,3,6-16H2,(H,23,27)/t19-/m1/s1. The maximum Gasteiger partial charge on any atom is 0.224 e. The van der Waals surface area contributed by atoms with Gasteiger partial charge in [0.1, 0.15) is 0 Å². The van der Waals surface area contributed by atoms with Crippen LogP contribution in [0.3, 0.4) is 0 Å². The zero-order valence-electron chi connectivity index (χ0n) is 16.3. The summed E-state index contributed by atoms with van der Waals surface area (Å²) in [4.78, 5) is 17.5. The van der Waals surface area contributed by atoms with Gasteiger partial charge in [0.2, 0.25) is 5.91 Å². The molecule has 0 saturated carbocycles. The van der Waals surface area contributed by atoms with Gasteiger partial charge in [0.15, 0.2) is 0 Å². The van der Waals surface area contributed by atoms with Gasteiger partial charge in [-0.15, -0.1) is 0 Å². The van der Waals surface area contributed by atoms with Crippen molar-refractivity contribution in [3.05, 3.63) is 35.4 Å². The van der Waals surface area contributed by atoms with E-state index in [1.807, 2.05) is 0 Å². The highest BCUT2D eigenvalue weighted by molar-refractivity contribution is 5.78. The number of amides is 1. The number of benzene rings is 1. The van der Waals surface area contributed by atoms with Gasteiger partial charge in [0.05, 0.1) is 12.5 Å². The third-order valence-electron chi connectivity index (χ3n) is 6.80. The number of nitrogens with one attached hydrogen (secondary N) is 1. The van der Waals surface area contributed by atoms with Crippen molar-refractivity contribution in [1.29, 1.82) is 0 Å². The van der Waals surface area contributed by atoms with Crippen molar-refractivity contribution in [1.82, 2.24) is 15.1 Å². The predicted octanol–water partition coefficient (Wildman–Crippen LogP) is 1.44. The summed E-state index contributed by atoms with van der Waals surface area (Å²) in [5.41, 5.74) is 3.08. The first kappa shape index (κ1) is 18.9. The lowest BCUT2D eigenvalue weighted by Crippen LogP contribution is -2.52. The van der Waals surface area contributed by atoms with Crippen LogP contribution in [0, 0.1) is 5.92 Å². The lowest BCUT2D eigenvalue weighted by Gasteiger charge is -2.43. The van der Waals surface area contributed by atoms with E-state index in [0.29, 0.717) is 18.6 Å². The summed E-state index contributed by atoms with van der Waals surface area (Å²) in [5.74, 6) is 0.211. The van der Waals surface area contributed by atoms with Crippen LogP contribution in [-0.2, 0) is 17.6 Å². The van der Waals surface area contributed by atoms with Crippen molar-refractivity contribution in [3.63, 3.8) is 0 Å². The van der Waals surface area contributed by atoms with Gasteiger partial charge in [-0.1, -0.05) is 24.3 Å². The second kappa shape index (κ2) is 8.72. The molecule has 3 aliphatic rings. The highest BCUT2D eigenvalue weighted by atomic mass is 16.3. The van der Waals surface area contributed by atoms with Crippen molar-refractivity contribution < 1.29 is 9.90 Å². The molecule has 0 spiro atoms. The van der Waals surface area contributed by atoms with Gasteiger partial charge < -0.3 is 10.4 Å². The van der Waals surface area contributed by atoms with Gasteiger partial charge >= 0.3 is 0 Å². The maximum atomic E-state index is 12.3. The second-order valence-corrected chi connectivity index (χ2v) is 8.45. The molecule has 1 aliphatic carbocycles. The molecule has 1 amide bonds. The highest BCUT2D eigenvalue weighted by Gasteiger charge is 2.34. The largest absolute Gasteiger partial charge is 0.395 e. The monoisotopic (exact) mass is 371 g/mol. The Kier molecular flexibility index (Phi) is 6.11. The average Bonchev–Trinajstić information content (AvgIpc) is 3.16. The van der Waals surface area contributed by atoms with Crippen LogP contribution in [0.2, 0.25) is 0 Å². The van der Waals surface area contributed by atoms with Gasteiger partial charge in [-0.25, -0.2) is 0 Å². The van der Waals surface area contributed by atoms with Crippen LogP contribution < -0.4 is 5.32 Å². The summed E-state index contributed by atoms with van der Waals surface area (Å²) >= 11 is 0. The van der Waals surface area contributed by atoms with E-state index in [-0.39, 0.29) is 18.4 Å². The lowest BCUT2D eigenvalue weighted by molar-refractivity contribution is -0.127. The van der Waals surface area contributed by atoms with E-state index >= 15 is 0 Å². The molecule has 2 aliphatic heterocycles. The lowest BCUT2D eigenvalue weighted by atomic mass is 9.92. The fourth-order valence-corrected chi connectivity index (χ4v) is 5.29. The van der Waals surface area contributed by atoms with Crippen molar-refractivity contribution in [2.24, 2.45) is 5.92 Å². The number of hydrogen-bond donors (Lipinski definition) is 2. The Balaban J connectivity index is 1.26. The molecule has 2 heterocycles. The van der Waals surface area contributed by atoms with E-state index in [1.165, 1.54) is 49.9 Å². The smallest absolute Gasteiger partial charge is 0.224 e. The highest BCUT2D eigenvalue weighted by Crippen LogP contribution is 2.29. The molecule has 4 rings (SSSR count). The fraction of sp³-hybridized carbons (Fsp3) is 0.682. The van der Waals surface area contributed by atoms with Crippen LogP contribution in [-0.4, -0.2) is 72.2 Å². The summed E-state index contributed by atoms with van der Waals surface area (Å²) in [6.07, 6.45) is 6.94. The molecule has 2 N–H and O–H groups in total. The number of fused-ring (bicyclic) bond motifs is 1.